The van der Waals surface area contributed by atoms with Gasteiger partial charge in [-0.3, -0.25) is 4.98 Å². The summed E-state index contributed by atoms with van der Waals surface area (Å²) in [7, 11) is 1.04. The lowest BCUT2D eigenvalue weighted by Crippen LogP contribution is -3.13. The van der Waals surface area contributed by atoms with Gasteiger partial charge in [-0.2, -0.15) is 4.31 Å². The van der Waals surface area contributed by atoms with E-state index < -0.39 is 15.8 Å². The Labute approximate surface area is 185 Å². The quantitative estimate of drug-likeness (QED) is 0.515. The van der Waals surface area contributed by atoms with Gasteiger partial charge in [-0.1, -0.05) is 0 Å². The fourth-order valence-electron chi connectivity index (χ4n) is 4.03. The minimum absolute atomic E-state index is 0.109. The van der Waals surface area contributed by atoms with E-state index in [4.69, 9.17) is 18.6 Å². The zero-order chi connectivity index (χ0) is 22.9. The van der Waals surface area contributed by atoms with Crippen molar-refractivity contribution >= 4 is 21.1 Å². The summed E-state index contributed by atoms with van der Waals surface area (Å²) in [4.78, 5) is 15.2. The molecular weight excluding hydrogens is 438 g/mol. The summed E-state index contributed by atoms with van der Waals surface area (Å²) in [6.45, 7) is 2.69. The Bertz CT molecular complexity index is 1270. The molecule has 172 valence electrons. The minimum Gasteiger partial charge on any atom is -0.493 e. The molecule has 0 saturated carbocycles. The number of sulfonamides is 1. The van der Waals surface area contributed by atoms with Crippen molar-refractivity contribution in [3.05, 3.63) is 46.4 Å². The summed E-state index contributed by atoms with van der Waals surface area (Å²) in [5.74, 6) is 1.14. The Balaban J connectivity index is 1.47. The van der Waals surface area contributed by atoms with Crippen LogP contribution < -0.4 is 24.9 Å². The van der Waals surface area contributed by atoms with Gasteiger partial charge in [0.05, 0.1) is 63.5 Å². The van der Waals surface area contributed by atoms with Crippen molar-refractivity contribution < 1.29 is 31.9 Å². The monoisotopic (exact) mass is 464 g/mol. The molecule has 1 aliphatic rings. The fraction of sp³-hybridized carbons (Fsp3) is 0.381. The molecule has 32 heavy (non-hydrogen) atoms. The van der Waals surface area contributed by atoms with E-state index in [1.165, 1.54) is 27.4 Å². The number of benzene rings is 2. The number of piperazine rings is 1. The number of quaternary nitrogens is 1. The number of aromatic amines is 1. The van der Waals surface area contributed by atoms with Crippen molar-refractivity contribution in [2.45, 2.75) is 11.4 Å². The maximum atomic E-state index is 13.1. The molecule has 0 atom stereocenters. The maximum absolute atomic E-state index is 13.1. The first-order valence-corrected chi connectivity index (χ1v) is 11.6. The lowest BCUT2D eigenvalue weighted by atomic mass is 10.1. The van der Waals surface area contributed by atoms with E-state index >= 15 is 0 Å². The third-order valence-corrected chi connectivity index (χ3v) is 7.58. The fourth-order valence-corrected chi connectivity index (χ4v) is 5.48. The number of nitrogens with one attached hydrogen (secondary N) is 2. The van der Waals surface area contributed by atoms with Crippen LogP contribution in [0.4, 0.5) is 0 Å². The number of hydrogen-bond acceptors (Lipinski definition) is 7. The third-order valence-electron chi connectivity index (χ3n) is 5.69. The van der Waals surface area contributed by atoms with Crippen molar-refractivity contribution in [2.75, 3.05) is 47.5 Å². The number of fused-ring (bicyclic) bond motifs is 1. The molecule has 1 aromatic heterocycles. The van der Waals surface area contributed by atoms with Gasteiger partial charge < -0.3 is 23.5 Å². The SMILES string of the molecule is COc1ccc(C[NH+]2CCN(S(=O)(=O)c3ccc4[nH]c(=O)oc4c3)CC2)c(OC)c1OC. The third kappa shape index (κ3) is 4.06. The largest absolute Gasteiger partial charge is 0.493 e. The number of rotatable bonds is 7. The van der Waals surface area contributed by atoms with Crippen LogP contribution in [-0.2, 0) is 16.6 Å². The molecule has 4 rings (SSSR count). The lowest BCUT2D eigenvalue weighted by Gasteiger charge is -2.32. The second-order valence-electron chi connectivity index (χ2n) is 7.50. The van der Waals surface area contributed by atoms with Gasteiger partial charge in [0.15, 0.2) is 17.1 Å². The van der Waals surface area contributed by atoms with Crippen LogP contribution in [0.2, 0.25) is 0 Å². The molecule has 2 N–H and O–H groups in total. The summed E-state index contributed by atoms with van der Waals surface area (Å²) in [6.07, 6.45) is 0. The van der Waals surface area contributed by atoms with Crippen LogP contribution in [-0.4, -0.2) is 65.2 Å². The summed E-state index contributed by atoms with van der Waals surface area (Å²) in [5, 5.41) is 0. The van der Waals surface area contributed by atoms with E-state index in [2.05, 4.69) is 4.98 Å². The highest BCUT2D eigenvalue weighted by molar-refractivity contribution is 7.89. The Morgan fingerprint density at radius 2 is 1.75 bits per heavy atom. The standard InChI is InChI=1S/C21H25N3O7S/c1-28-17-7-4-14(19(29-2)20(17)30-3)13-23-8-10-24(11-9-23)32(26,27)15-5-6-16-18(12-15)31-21(25)22-16/h4-7,12H,8-11,13H2,1-3H3,(H,22,25)/p+1. The number of nitrogens with zero attached hydrogens (tertiary/aromatic N) is 1. The van der Waals surface area contributed by atoms with Crippen molar-refractivity contribution in [1.29, 1.82) is 0 Å². The van der Waals surface area contributed by atoms with Gasteiger partial charge in [-0.25, -0.2) is 13.2 Å². The summed E-state index contributed by atoms with van der Waals surface area (Å²) in [6, 6.07) is 8.19. The average Bonchev–Trinajstić information content (AvgIpc) is 3.18. The van der Waals surface area contributed by atoms with Crippen LogP contribution in [0, 0.1) is 0 Å². The van der Waals surface area contributed by atoms with Gasteiger partial charge in [0, 0.05) is 6.07 Å². The highest BCUT2D eigenvalue weighted by Crippen LogP contribution is 2.39. The van der Waals surface area contributed by atoms with E-state index in [9.17, 15) is 13.2 Å². The van der Waals surface area contributed by atoms with Crippen LogP contribution in [0.1, 0.15) is 5.56 Å². The molecule has 0 amide bonds. The van der Waals surface area contributed by atoms with Gasteiger partial charge >= 0.3 is 5.76 Å². The van der Waals surface area contributed by atoms with Crippen molar-refractivity contribution in [3.8, 4) is 17.2 Å². The second-order valence-corrected chi connectivity index (χ2v) is 9.43. The number of ether oxygens (including phenoxy) is 3. The molecule has 1 fully saturated rings. The molecule has 11 heteroatoms. The molecular formula is C21H26N3O7S+. The first kappa shape index (κ1) is 22.2. The molecule has 1 aliphatic heterocycles. The summed E-state index contributed by atoms with van der Waals surface area (Å²) in [5.41, 5.74) is 1.65. The molecule has 0 spiro atoms. The van der Waals surface area contributed by atoms with Crippen LogP contribution in [0.15, 0.2) is 44.4 Å². The van der Waals surface area contributed by atoms with Crippen LogP contribution in [0.3, 0.4) is 0 Å². The van der Waals surface area contributed by atoms with Crippen LogP contribution >= 0.6 is 0 Å². The predicted molar refractivity (Wildman–Crippen MR) is 116 cm³/mol. The van der Waals surface area contributed by atoms with Crippen LogP contribution in [0.25, 0.3) is 11.1 Å². The Hall–Kier alpha value is -3.02. The maximum Gasteiger partial charge on any atom is 0.417 e. The number of hydrogen-bond donors (Lipinski definition) is 2. The topological polar surface area (TPSA) is 116 Å². The molecule has 0 radical (unpaired) electrons. The molecule has 2 heterocycles. The molecule has 0 bridgehead atoms. The normalized spacial score (nSPS) is 15.7. The van der Waals surface area contributed by atoms with E-state index in [0.717, 1.165) is 5.56 Å². The zero-order valence-electron chi connectivity index (χ0n) is 18.1. The minimum atomic E-state index is -3.69. The van der Waals surface area contributed by atoms with Crippen molar-refractivity contribution in [2.24, 2.45) is 0 Å². The molecule has 10 nitrogen and oxygen atoms in total. The molecule has 0 aliphatic carbocycles. The predicted octanol–water partition coefficient (Wildman–Crippen LogP) is 0.236. The molecule has 2 aromatic carbocycles. The number of methoxy groups -OCH3 is 3. The van der Waals surface area contributed by atoms with E-state index in [-0.39, 0.29) is 10.5 Å². The van der Waals surface area contributed by atoms with Crippen molar-refractivity contribution in [3.63, 3.8) is 0 Å². The molecule has 1 saturated heterocycles. The Kier molecular flexibility index (Phi) is 6.13. The smallest absolute Gasteiger partial charge is 0.417 e. The van der Waals surface area contributed by atoms with E-state index in [1.807, 2.05) is 12.1 Å². The second kappa shape index (κ2) is 8.85. The number of H-pyrrole nitrogens is 1. The van der Waals surface area contributed by atoms with Crippen LogP contribution in [0.5, 0.6) is 17.2 Å². The van der Waals surface area contributed by atoms with Gasteiger partial charge in [0.2, 0.25) is 15.8 Å². The highest BCUT2D eigenvalue weighted by atomic mass is 32.2. The van der Waals surface area contributed by atoms with Gasteiger partial charge in [-0.05, 0) is 24.3 Å². The van der Waals surface area contributed by atoms with Gasteiger partial charge in [0.25, 0.3) is 0 Å². The first-order chi connectivity index (χ1) is 15.4. The number of aromatic nitrogens is 1. The Morgan fingerprint density at radius 3 is 2.41 bits per heavy atom. The summed E-state index contributed by atoms with van der Waals surface area (Å²) < 4.78 is 49.0. The van der Waals surface area contributed by atoms with Crippen molar-refractivity contribution in [1.82, 2.24) is 9.29 Å². The number of oxazole rings is 1. The highest BCUT2D eigenvalue weighted by Gasteiger charge is 2.31. The summed E-state index contributed by atoms with van der Waals surface area (Å²) >= 11 is 0. The van der Waals surface area contributed by atoms with Gasteiger partial charge in [-0.15, -0.1) is 0 Å². The molecule has 0 unspecified atom stereocenters. The van der Waals surface area contributed by atoms with Gasteiger partial charge in [0.1, 0.15) is 6.54 Å². The van der Waals surface area contributed by atoms with E-state index in [1.54, 1.807) is 21.3 Å². The zero-order valence-corrected chi connectivity index (χ0v) is 19.0. The average molecular weight is 465 g/mol. The lowest BCUT2D eigenvalue weighted by molar-refractivity contribution is -0.917. The first-order valence-electron chi connectivity index (χ1n) is 10.1. The Morgan fingerprint density at radius 1 is 1.03 bits per heavy atom. The van der Waals surface area contributed by atoms with E-state index in [0.29, 0.717) is 55.5 Å². The molecule has 3 aromatic rings.